The molecule has 0 aromatic heterocycles. The van der Waals surface area contributed by atoms with Crippen molar-refractivity contribution < 1.29 is 14.6 Å². The zero-order valence-electron chi connectivity index (χ0n) is 11.2. The lowest BCUT2D eigenvalue weighted by Crippen LogP contribution is -2.41. The first kappa shape index (κ1) is 13.8. The number of carbonyl (C=O) groups is 1. The van der Waals surface area contributed by atoms with Gasteiger partial charge in [-0.3, -0.25) is 4.79 Å². The van der Waals surface area contributed by atoms with E-state index in [2.05, 4.69) is 12.2 Å². The lowest BCUT2D eigenvalue weighted by atomic mass is 9.95. The first-order chi connectivity index (χ1) is 8.70. The van der Waals surface area contributed by atoms with Crippen molar-refractivity contribution >= 4 is 5.97 Å². The Bertz CT molecular complexity index is 282. The SMILES string of the molecule is CCC1CC(NCC2CCCC2C(=O)O)CCO1. The third-order valence-corrected chi connectivity index (χ3v) is 4.47. The van der Waals surface area contributed by atoms with Gasteiger partial charge < -0.3 is 15.2 Å². The van der Waals surface area contributed by atoms with Crippen LogP contribution in [0.3, 0.4) is 0 Å². The molecule has 1 aliphatic carbocycles. The summed E-state index contributed by atoms with van der Waals surface area (Å²) in [6, 6.07) is 0.513. The molecular formula is C14H25NO3. The molecule has 4 heteroatoms. The Labute approximate surface area is 109 Å². The molecule has 2 aliphatic rings. The van der Waals surface area contributed by atoms with Crippen LogP contribution in [0.15, 0.2) is 0 Å². The largest absolute Gasteiger partial charge is 0.481 e. The van der Waals surface area contributed by atoms with Crippen LogP contribution >= 0.6 is 0 Å². The molecular weight excluding hydrogens is 230 g/mol. The molecule has 1 aliphatic heterocycles. The van der Waals surface area contributed by atoms with Crippen LogP contribution in [0.5, 0.6) is 0 Å². The number of hydrogen-bond donors (Lipinski definition) is 2. The van der Waals surface area contributed by atoms with Crippen molar-refractivity contribution in [2.45, 2.75) is 57.6 Å². The van der Waals surface area contributed by atoms with Gasteiger partial charge in [0.1, 0.15) is 0 Å². The van der Waals surface area contributed by atoms with E-state index in [1.807, 2.05) is 0 Å². The van der Waals surface area contributed by atoms with E-state index in [1.165, 1.54) is 0 Å². The van der Waals surface area contributed by atoms with Gasteiger partial charge >= 0.3 is 5.97 Å². The molecule has 18 heavy (non-hydrogen) atoms. The molecule has 0 bridgehead atoms. The van der Waals surface area contributed by atoms with Crippen LogP contribution in [-0.4, -0.2) is 36.4 Å². The van der Waals surface area contributed by atoms with Gasteiger partial charge in [0.05, 0.1) is 12.0 Å². The minimum Gasteiger partial charge on any atom is -0.481 e. The third-order valence-electron chi connectivity index (χ3n) is 4.47. The Morgan fingerprint density at radius 2 is 2.22 bits per heavy atom. The molecule has 4 nitrogen and oxygen atoms in total. The highest BCUT2D eigenvalue weighted by Gasteiger charge is 2.33. The monoisotopic (exact) mass is 255 g/mol. The van der Waals surface area contributed by atoms with Crippen molar-refractivity contribution in [2.24, 2.45) is 11.8 Å². The number of hydrogen-bond acceptors (Lipinski definition) is 3. The van der Waals surface area contributed by atoms with Crippen LogP contribution in [-0.2, 0) is 9.53 Å². The summed E-state index contributed by atoms with van der Waals surface area (Å²) in [6.07, 6.45) is 6.56. The molecule has 1 saturated carbocycles. The second-order valence-electron chi connectivity index (χ2n) is 5.67. The summed E-state index contributed by atoms with van der Waals surface area (Å²) in [5.74, 6) is -0.414. The predicted molar refractivity (Wildman–Crippen MR) is 69.5 cm³/mol. The number of aliphatic carboxylic acids is 1. The van der Waals surface area contributed by atoms with Gasteiger partial charge in [-0.15, -0.1) is 0 Å². The highest BCUT2D eigenvalue weighted by Crippen LogP contribution is 2.31. The summed E-state index contributed by atoms with van der Waals surface area (Å²) < 4.78 is 5.65. The fraction of sp³-hybridized carbons (Fsp3) is 0.929. The average Bonchev–Trinajstić information content (AvgIpc) is 2.85. The summed E-state index contributed by atoms with van der Waals surface area (Å²) in [5.41, 5.74) is 0. The summed E-state index contributed by atoms with van der Waals surface area (Å²) in [4.78, 5) is 11.1. The van der Waals surface area contributed by atoms with Crippen molar-refractivity contribution in [3.63, 3.8) is 0 Å². The van der Waals surface area contributed by atoms with Crippen LogP contribution in [0.1, 0.15) is 45.4 Å². The smallest absolute Gasteiger partial charge is 0.306 e. The van der Waals surface area contributed by atoms with Gasteiger partial charge in [0.2, 0.25) is 0 Å². The lowest BCUT2D eigenvalue weighted by Gasteiger charge is -2.31. The first-order valence-corrected chi connectivity index (χ1v) is 7.28. The molecule has 0 aromatic rings. The maximum atomic E-state index is 11.1. The van der Waals surface area contributed by atoms with Crippen molar-refractivity contribution in [1.82, 2.24) is 5.32 Å². The van der Waals surface area contributed by atoms with Crippen molar-refractivity contribution in [3.05, 3.63) is 0 Å². The molecule has 1 heterocycles. The minimum atomic E-state index is -0.613. The number of nitrogens with one attached hydrogen (secondary N) is 1. The van der Waals surface area contributed by atoms with Crippen molar-refractivity contribution in [1.29, 1.82) is 0 Å². The summed E-state index contributed by atoms with van der Waals surface area (Å²) >= 11 is 0. The maximum Gasteiger partial charge on any atom is 0.306 e. The fourth-order valence-electron chi connectivity index (χ4n) is 3.27. The minimum absolute atomic E-state index is 0.126. The van der Waals surface area contributed by atoms with E-state index in [9.17, 15) is 4.79 Å². The van der Waals surface area contributed by atoms with Gasteiger partial charge in [-0.2, -0.15) is 0 Å². The normalized spacial score (nSPS) is 36.7. The maximum absolute atomic E-state index is 11.1. The van der Waals surface area contributed by atoms with E-state index in [4.69, 9.17) is 9.84 Å². The second kappa shape index (κ2) is 6.53. The summed E-state index contributed by atoms with van der Waals surface area (Å²) in [7, 11) is 0. The van der Waals surface area contributed by atoms with Gasteiger partial charge in [0, 0.05) is 12.6 Å². The molecule has 4 atom stereocenters. The molecule has 0 spiro atoms. The highest BCUT2D eigenvalue weighted by atomic mass is 16.5. The van der Waals surface area contributed by atoms with Crippen LogP contribution in [0.2, 0.25) is 0 Å². The van der Waals surface area contributed by atoms with Gasteiger partial charge in [-0.05, 0) is 44.6 Å². The molecule has 0 aromatic carbocycles. The molecule has 104 valence electrons. The van der Waals surface area contributed by atoms with Gasteiger partial charge in [0.25, 0.3) is 0 Å². The van der Waals surface area contributed by atoms with E-state index in [0.717, 1.165) is 51.7 Å². The first-order valence-electron chi connectivity index (χ1n) is 7.28. The Hall–Kier alpha value is -0.610. The van der Waals surface area contributed by atoms with E-state index < -0.39 is 5.97 Å². The van der Waals surface area contributed by atoms with Crippen LogP contribution in [0, 0.1) is 11.8 Å². The lowest BCUT2D eigenvalue weighted by molar-refractivity contribution is -0.142. The molecule has 2 N–H and O–H groups in total. The summed E-state index contributed by atoms with van der Waals surface area (Å²) in [5, 5.41) is 12.7. The van der Waals surface area contributed by atoms with E-state index >= 15 is 0 Å². The number of carboxylic acid groups (broad SMARTS) is 1. The van der Waals surface area contributed by atoms with E-state index in [-0.39, 0.29) is 5.92 Å². The number of ether oxygens (including phenoxy) is 1. The Morgan fingerprint density at radius 3 is 2.94 bits per heavy atom. The van der Waals surface area contributed by atoms with Crippen LogP contribution in [0.4, 0.5) is 0 Å². The van der Waals surface area contributed by atoms with E-state index in [1.54, 1.807) is 0 Å². The molecule has 0 amide bonds. The van der Waals surface area contributed by atoms with Crippen LogP contribution in [0.25, 0.3) is 0 Å². The molecule has 0 radical (unpaired) electrons. The van der Waals surface area contributed by atoms with E-state index in [0.29, 0.717) is 18.1 Å². The Balaban J connectivity index is 1.75. The Kier molecular flexibility index (Phi) is 5.01. The number of rotatable bonds is 5. The highest BCUT2D eigenvalue weighted by molar-refractivity contribution is 5.70. The average molecular weight is 255 g/mol. The van der Waals surface area contributed by atoms with Gasteiger partial charge in [0.15, 0.2) is 0 Å². The number of carboxylic acids is 1. The standard InChI is InChI=1S/C14H25NO3/c1-2-12-8-11(6-7-18-12)15-9-10-4-3-5-13(10)14(16)17/h10-13,15H,2-9H2,1H3,(H,16,17). The third kappa shape index (κ3) is 3.45. The molecule has 4 unspecified atom stereocenters. The van der Waals surface area contributed by atoms with Crippen molar-refractivity contribution in [3.8, 4) is 0 Å². The Morgan fingerprint density at radius 1 is 1.39 bits per heavy atom. The zero-order valence-corrected chi connectivity index (χ0v) is 11.2. The van der Waals surface area contributed by atoms with Gasteiger partial charge in [-0.25, -0.2) is 0 Å². The molecule has 1 saturated heterocycles. The van der Waals surface area contributed by atoms with Gasteiger partial charge in [-0.1, -0.05) is 13.3 Å². The fourth-order valence-corrected chi connectivity index (χ4v) is 3.27. The summed E-state index contributed by atoms with van der Waals surface area (Å²) in [6.45, 7) is 3.85. The second-order valence-corrected chi connectivity index (χ2v) is 5.67. The molecule has 2 rings (SSSR count). The quantitative estimate of drug-likeness (QED) is 0.789. The van der Waals surface area contributed by atoms with Crippen molar-refractivity contribution in [2.75, 3.05) is 13.2 Å². The topological polar surface area (TPSA) is 58.6 Å². The zero-order chi connectivity index (χ0) is 13.0. The predicted octanol–water partition coefficient (Wildman–Crippen LogP) is 2.03. The molecule has 2 fully saturated rings. The van der Waals surface area contributed by atoms with Crippen LogP contribution < -0.4 is 5.32 Å².